The maximum Gasteiger partial charge on any atom is 0.407 e. The molecule has 15 heteroatoms. The van der Waals surface area contributed by atoms with Gasteiger partial charge in [-0.15, -0.1) is 0 Å². The smallest absolute Gasteiger partial charge is 0.407 e. The van der Waals surface area contributed by atoms with Crippen LogP contribution >= 0.6 is 0 Å². The highest BCUT2D eigenvalue weighted by Gasteiger charge is 2.56. The number of alkyl carbamates (subject to hydrolysis) is 2. The second-order valence-corrected chi connectivity index (χ2v) is 21.7. The highest BCUT2D eigenvalue weighted by Crippen LogP contribution is 2.55. The van der Waals surface area contributed by atoms with Gasteiger partial charge in [-0.1, -0.05) is 95.1 Å². The van der Waals surface area contributed by atoms with Crippen molar-refractivity contribution in [1.82, 2.24) is 40.4 Å². The number of rotatable bonds is 11. The van der Waals surface area contributed by atoms with E-state index in [0.29, 0.717) is 35.6 Å². The number of aromatic nitrogens is 4. The van der Waals surface area contributed by atoms with Crippen LogP contribution in [0.15, 0.2) is 77.7 Å². The van der Waals surface area contributed by atoms with Crippen LogP contribution in [-0.2, 0) is 31.9 Å². The van der Waals surface area contributed by atoms with E-state index in [2.05, 4.69) is 75.2 Å². The van der Waals surface area contributed by atoms with E-state index in [-0.39, 0.29) is 46.7 Å². The number of hydrogen-bond acceptors (Lipinski definition) is 9. The normalized spacial score (nSPS) is 21.6. The van der Waals surface area contributed by atoms with Crippen LogP contribution < -0.4 is 16.2 Å². The van der Waals surface area contributed by atoms with Gasteiger partial charge in [0, 0.05) is 18.2 Å². The number of carbonyl (C=O) groups is 4. The monoisotopic (exact) mass is 972 g/mol. The minimum atomic E-state index is -0.766. The minimum Gasteiger partial charge on any atom is -0.453 e. The van der Waals surface area contributed by atoms with Crippen molar-refractivity contribution in [1.29, 1.82) is 0 Å². The fourth-order valence-corrected chi connectivity index (χ4v) is 12.9. The van der Waals surface area contributed by atoms with Crippen molar-refractivity contribution in [2.45, 2.75) is 122 Å². The molecule has 2 saturated heterocycles. The Morgan fingerprint density at radius 2 is 1.35 bits per heavy atom. The Labute approximate surface area is 418 Å². The first-order chi connectivity index (χ1) is 34.8. The Morgan fingerprint density at radius 1 is 0.708 bits per heavy atom. The molecule has 0 radical (unpaired) electrons. The van der Waals surface area contributed by atoms with Crippen LogP contribution in [0, 0.1) is 23.2 Å². The zero-order valence-electron chi connectivity index (χ0n) is 42.0. The van der Waals surface area contributed by atoms with Gasteiger partial charge in [0.05, 0.1) is 49.1 Å². The first-order valence-electron chi connectivity index (χ1n) is 25.8. The number of methoxy groups -OCH3 is 2. The number of hydrogen-bond donors (Lipinski definition) is 4. The molecule has 5 aliphatic rings. The van der Waals surface area contributed by atoms with Crippen LogP contribution in [0.1, 0.15) is 114 Å². The van der Waals surface area contributed by atoms with E-state index in [1.807, 2.05) is 55.8 Å². The van der Waals surface area contributed by atoms with Gasteiger partial charge in [-0.25, -0.2) is 19.6 Å². The second-order valence-electron chi connectivity index (χ2n) is 21.7. The van der Waals surface area contributed by atoms with Crippen LogP contribution in [-0.4, -0.2) is 92.6 Å². The molecule has 2 aliphatic heterocycles. The summed E-state index contributed by atoms with van der Waals surface area (Å²) in [6, 6.07) is 21.4. The van der Waals surface area contributed by atoms with E-state index in [0.717, 1.165) is 71.1 Å². The molecule has 1 spiro atoms. The Kier molecular flexibility index (Phi) is 12.2. The maximum absolute atomic E-state index is 14.2. The summed E-state index contributed by atoms with van der Waals surface area (Å²) in [5.74, 6) is 0.901. The molecular weight excluding hydrogens is 909 g/mol. The number of benzene rings is 4. The summed E-state index contributed by atoms with van der Waals surface area (Å²) in [6.07, 6.45) is 10.6. The average Bonchev–Trinajstić information content (AvgIpc) is 4.03. The molecule has 4 amide bonds. The lowest BCUT2D eigenvalue weighted by Gasteiger charge is -2.32. The number of ether oxygens (including phenoxy) is 2. The van der Waals surface area contributed by atoms with Crippen molar-refractivity contribution in [3.63, 3.8) is 0 Å². The van der Waals surface area contributed by atoms with Crippen molar-refractivity contribution in [3.05, 3.63) is 106 Å². The molecule has 374 valence electrons. The molecule has 4 N–H and O–H groups in total. The summed E-state index contributed by atoms with van der Waals surface area (Å²) < 4.78 is 9.68. The van der Waals surface area contributed by atoms with Gasteiger partial charge in [-0.3, -0.25) is 14.4 Å². The van der Waals surface area contributed by atoms with Gasteiger partial charge < -0.3 is 39.9 Å². The summed E-state index contributed by atoms with van der Waals surface area (Å²) in [5, 5.41) is 8.21. The first kappa shape index (κ1) is 47.3. The van der Waals surface area contributed by atoms with Gasteiger partial charge in [-0.05, 0) is 131 Å². The number of H-pyrrole nitrogens is 2. The molecule has 2 unspecified atom stereocenters. The zero-order chi connectivity index (χ0) is 50.2. The lowest BCUT2D eigenvalue weighted by Crippen LogP contribution is -2.52. The fourth-order valence-electron chi connectivity index (χ4n) is 12.9. The quantitative estimate of drug-likeness (QED) is 0.0979. The largest absolute Gasteiger partial charge is 0.453 e. The molecule has 11 rings (SSSR count). The number of aromatic amines is 2. The standard InChI is InChI=1S/C57H64N8O7/c1-30(2)48(61-55(69)71-5)53(67)64-23-11-14-45(64)50-58-29-44(60-50)39-19-18-37(35-12-7-8-13-36(35)39)38-17-16-34(41-27-57(28-42(38)41)21-9-10-22-57)32-15-20-43-40(24-32)52(66)63-51(59-43)47-26-33-25-46(33)65(47)54(68)49(31(3)4)62-56(70)72-6/h7-8,12-13,15-20,24,29-31,33,45-49H,9-11,14,21-23,25-28H2,1-6H3,(H,58,60)(H,61,69)(H,62,70)(H,59,63,66)/t33?,45-,46?,47-,48-,49-/m0/s1. The summed E-state index contributed by atoms with van der Waals surface area (Å²) in [5.41, 5.74) is 9.67. The molecule has 3 aliphatic carbocycles. The van der Waals surface area contributed by atoms with Crippen LogP contribution in [0.3, 0.4) is 0 Å². The number of amides is 4. The number of imidazole rings is 1. The average molecular weight is 973 g/mol. The molecular formula is C57H64N8O7. The highest BCUT2D eigenvalue weighted by atomic mass is 16.5. The van der Waals surface area contributed by atoms with Gasteiger partial charge >= 0.3 is 12.2 Å². The summed E-state index contributed by atoms with van der Waals surface area (Å²) in [6.45, 7) is 8.20. The Hall–Kier alpha value is -7.03. The van der Waals surface area contributed by atoms with Crippen LogP contribution in [0.25, 0.3) is 55.2 Å². The van der Waals surface area contributed by atoms with E-state index in [1.165, 1.54) is 62.2 Å². The van der Waals surface area contributed by atoms with Gasteiger partial charge in [0.25, 0.3) is 5.56 Å². The van der Waals surface area contributed by atoms with E-state index < -0.39 is 30.3 Å². The van der Waals surface area contributed by atoms with Gasteiger partial charge in [0.1, 0.15) is 23.7 Å². The molecule has 4 heterocycles. The summed E-state index contributed by atoms with van der Waals surface area (Å²) in [7, 11) is 2.59. The summed E-state index contributed by atoms with van der Waals surface area (Å²) >= 11 is 0. The van der Waals surface area contributed by atoms with Crippen molar-refractivity contribution in [2.24, 2.45) is 23.2 Å². The van der Waals surface area contributed by atoms with E-state index in [1.54, 1.807) is 0 Å². The number of nitrogens with one attached hydrogen (secondary N) is 4. The van der Waals surface area contributed by atoms with E-state index >= 15 is 0 Å². The predicted octanol–water partition coefficient (Wildman–Crippen LogP) is 9.55. The number of piperidine rings is 1. The lowest BCUT2D eigenvalue weighted by molar-refractivity contribution is -0.137. The summed E-state index contributed by atoms with van der Waals surface area (Å²) in [4.78, 5) is 86.8. The molecule has 6 aromatic rings. The van der Waals surface area contributed by atoms with Crippen LogP contribution in [0.2, 0.25) is 0 Å². The van der Waals surface area contributed by atoms with Gasteiger partial charge in [0.15, 0.2) is 0 Å². The maximum atomic E-state index is 14.2. The predicted molar refractivity (Wildman–Crippen MR) is 275 cm³/mol. The first-order valence-corrected chi connectivity index (χ1v) is 25.8. The Morgan fingerprint density at radius 3 is 2.04 bits per heavy atom. The number of carbonyl (C=O) groups excluding carboxylic acids is 4. The van der Waals surface area contributed by atoms with Crippen molar-refractivity contribution in [2.75, 3.05) is 20.8 Å². The van der Waals surface area contributed by atoms with Crippen molar-refractivity contribution >= 4 is 45.7 Å². The van der Waals surface area contributed by atoms with Crippen molar-refractivity contribution in [3.8, 4) is 33.5 Å². The topological polar surface area (TPSA) is 192 Å². The zero-order valence-corrected chi connectivity index (χ0v) is 42.0. The molecule has 4 fully saturated rings. The molecule has 72 heavy (non-hydrogen) atoms. The minimum absolute atomic E-state index is 0.0527. The van der Waals surface area contributed by atoms with Crippen LogP contribution in [0.4, 0.5) is 9.59 Å². The molecule has 4 aromatic carbocycles. The van der Waals surface area contributed by atoms with E-state index in [9.17, 15) is 24.0 Å². The second kappa shape index (κ2) is 18.5. The number of likely N-dealkylation sites (tertiary alicyclic amines) is 2. The van der Waals surface area contributed by atoms with Crippen molar-refractivity contribution < 1.29 is 28.7 Å². The highest BCUT2D eigenvalue weighted by molar-refractivity contribution is 6.05. The molecule has 2 saturated carbocycles. The number of nitrogens with zero attached hydrogens (tertiary/aromatic N) is 4. The fraction of sp³-hybridized carbons (Fsp3) is 0.456. The Balaban J connectivity index is 0.911. The third-order valence-corrected chi connectivity index (χ3v) is 16.6. The number of fused-ring (bicyclic) bond motifs is 4. The lowest BCUT2D eigenvalue weighted by atomic mass is 9.82. The van der Waals surface area contributed by atoms with Crippen LogP contribution in [0.5, 0.6) is 0 Å². The van der Waals surface area contributed by atoms with Gasteiger partial charge in [-0.2, -0.15) is 0 Å². The third-order valence-electron chi connectivity index (χ3n) is 16.6. The molecule has 0 bridgehead atoms. The Bertz CT molecular complexity index is 3210. The molecule has 15 nitrogen and oxygen atoms in total. The molecule has 6 atom stereocenters. The SMILES string of the molecule is COC(=O)N[C@H](C(=O)N1CCC[C@H]1c1ncc(-c2ccc(-c3ccc(-c4ccc5nc([C@@H]6CC7CC7N6C(=O)[C@@H](NC(=O)OC)C(C)C)[nH]c(=O)c5c4)c4c3CC3(CCCC3)C4)c3ccccc23)[nH]1)C(C)C. The van der Waals surface area contributed by atoms with Gasteiger partial charge in [0.2, 0.25) is 11.8 Å². The third kappa shape index (κ3) is 8.27. The van der Waals surface area contributed by atoms with E-state index in [4.69, 9.17) is 19.4 Å². The molecule has 2 aromatic heterocycles.